The molecule has 0 spiro atoms. The molecule has 0 bridgehead atoms. The molecule has 7 heteroatoms. The van der Waals surface area contributed by atoms with Crippen molar-refractivity contribution in [2.75, 3.05) is 19.6 Å². The van der Waals surface area contributed by atoms with Crippen molar-refractivity contribution in [3.8, 4) is 0 Å². The summed E-state index contributed by atoms with van der Waals surface area (Å²) in [4.78, 5) is 30.4. The number of nitrogens with zero attached hydrogens (tertiary/aromatic N) is 2. The van der Waals surface area contributed by atoms with Crippen molar-refractivity contribution in [3.63, 3.8) is 0 Å². The molecule has 1 unspecified atom stereocenters. The SMILES string of the molecule is CCc1nc(CCNC(=O)C2CCN(C(=O)OC(C)(C)C)C2)cs1. The molecule has 2 rings (SSSR count). The van der Waals surface area contributed by atoms with E-state index in [0.29, 0.717) is 26.1 Å². The maximum Gasteiger partial charge on any atom is 0.410 e. The molecule has 0 radical (unpaired) electrons. The number of nitrogens with one attached hydrogen (secondary N) is 1. The predicted octanol–water partition coefficient (Wildman–Crippen LogP) is 2.62. The number of carbonyl (C=O) groups excluding carboxylic acids is 2. The second-order valence-electron chi connectivity index (χ2n) is 7.04. The van der Waals surface area contributed by atoms with Crippen LogP contribution in [0.3, 0.4) is 0 Å². The van der Waals surface area contributed by atoms with Crippen LogP contribution in [0.2, 0.25) is 0 Å². The first kappa shape index (κ1) is 18.7. The maximum atomic E-state index is 12.2. The van der Waals surface area contributed by atoms with Gasteiger partial charge in [0.2, 0.25) is 5.91 Å². The number of aryl methyl sites for hydroxylation is 1. The highest BCUT2D eigenvalue weighted by Gasteiger charge is 2.33. The van der Waals surface area contributed by atoms with Crippen molar-refractivity contribution in [1.82, 2.24) is 15.2 Å². The summed E-state index contributed by atoms with van der Waals surface area (Å²) in [6, 6.07) is 0. The molecular weight excluding hydrogens is 326 g/mol. The Bertz CT molecular complexity index is 580. The Labute approximate surface area is 147 Å². The van der Waals surface area contributed by atoms with E-state index in [1.807, 2.05) is 26.2 Å². The molecule has 1 aliphatic heterocycles. The van der Waals surface area contributed by atoms with Crippen LogP contribution in [0, 0.1) is 5.92 Å². The molecule has 24 heavy (non-hydrogen) atoms. The van der Waals surface area contributed by atoms with Crippen LogP contribution in [0.15, 0.2) is 5.38 Å². The minimum absolute atomic E-state index is 0.00648. The van der Waals surface area contributed by atoms with Crippen LogP contribution in [0.5, 0.6) is 0 Å². The van der Waals surface area contributed by atoms with Crippen LogP contribution in [0.4, 0.5) is 4.79 Å². The van der Waals surface area contributed by atoms with Gasteiger partial charge >= 0.3 is 6.09 Å². The largest absolute Gasteiger partial charge is 0.444 e. The van der Waals surface area contributed by atoms with E-state index in [4.69, 9.17) is 4.74 Å². The lowest BCUT2D eigenvalue weighted by Crippen LogP contribution is -2.38. The Hall–Kier alpha value is -1.63. The standard InChI is InChI=1S/C17H27N3O3S/c1-5-14-19-13(11-24-14)6-8-18-15(21)12-7-9-20(10-12)16(22)23-17(2,3)4/h11-12H,5-10H2,1-4H3,(H,18,21). The fraction of sp³-hybridized carbons (Fsp3) is 0.706. The topological polar surface area (TPSA) is 71.5 Å². The van der Waals surface area contributed by atoms with Crippen LogP contribution in [-0.2, 0) is 22.4 Å². The Morgan fingerprint density at radius 2 is 2.21 bits per heavy atom. The lowest BCUT2D eigenvalue weighted by atomic mass is 10.1. The zero-order valence-electron chi connectivity index (χ0n) is 14.9. The fourth-order valence-electron chi connectivity index (χ4n) is 2.55. The first-order valence-electron chi connectivity index (χ1n) is 8.47. The van der Waals surface area contributed by atoms with Crippen molar-refractivity contribution in [2.45, 2.75) is 52.6 Å². The highest BCUT2D eigenvalue weighted by atomic mass is 32.1. The molecular formula is C17H27N3O3S. The van der Waals surface area contributed by atoms with Gasteiger partial charge in [-0.15, -0.1) is 11.3 Å². The molecule has 2 amide bonds. The molecule has 0 saturated carbocycles. The van der Waals surface area contributed by atoms with E-state index in [0.717, 1.165) is 23.5 Å². The van der Waals surface area contributed by atoms with E-state index in [1.54, 1.807) is 16.2 Å². The molecule has 1 atom stereocenters. The Morgan fingerprint density at radius 1 is 1.46 bits per heavy atom. The molecule has 1 aromatic heterocycles. The summed E-state index contributed by atoms with van der Waals surface area (Å²) in [5.41, 5.74) is 0.515. The van der Waals surface area contributed by atoms with Gasteiger partial charge in [-0.1, -0.05) is 6.92 Å². The third kappa shape index (κ3) is 5.47. The number of amides is 2. The van der Waals surface area contributed by atoms with Crippen molar-refractivity contribution < 1.29 is 14.3 Å². The fourth-order valence-corrected chi connectivity index (χ4v) is 3.33. The van der Waals surface area contributed by atoms with Gasteiger partial charge in [-0.3, -0.25) is 4.79 Å². The zero-order valence-corrected chi connectivity index (χ0v) is 15.7. The number of likely N-dealkylation sites (tertiary alicyclic amines) is 1. The summed E-state index contributed by atoms with van der Waals surface area (Å²) in [6.45, 7) is 9.18. The number of hydrogen-bond acceptors (Lipinski definition) is 5. The molecule has 1 saturated heterocycles. The van der Waals surface area contributed by atoms with Crippen LogP contribution in [0.25, 0.3) is 0 Å². The smallest absolute Gasteiger partial charge is 0.410 e. The molecule has 1 aromatic rings. The van der Waals surface area contributed by atoms with Crippen molar-refractivity contribution in [1.29, 1.82) is 0 Å². The van der Waals surface area contributed by atoms with E-state index < -0.39 is 5.60 Å². The second-order valence-corrected chi connectivity index (χ2v) is 7.98. The lowest BCUT2D eigenvalue weighted by Gasteiger charge is -2.24. The van der Waals surface area contributed by atoms with Gasteiger partial charge in [0.25, 0.3) is 0 Å². The molecule has 2 heterocycles. The van der Waals surface area contributed by atoms with E-state index in [1.165, 1.54) is 0 Å². The van der Waals surface area contributed by atoms with Crippen molar-refractivity contribution in [2.24, 2.45) is 5.92 Å². The summed E-state index contributed by atoms with van der Waals surface area (Å²) < 4.78 is 5.35. The van der Waals surface area contributed by atoms with E-state index in [9.17, 15) is 9.59 Å². The van der Waals surface area contributed by atoms with Crippen LogP contribution in [-0.4, -0.2) is 47.1 Å². The van der Waals surface area contributed by atoms with Gasteiger partial charge in [-0.05, 0) is 33.6 Å². The highest BCUT2D eigenvalue weighted by Crippen LogP contribution is 2.19. The number of carbonyl (C=O) groups is 2. The summed E-state index contributed by atoms with van der Waals surface area (Å²) in [5.74, 6) is -0.147. The van der Waals surface area contributed by atoms with Crippen LogP contribution in [0.1, 0.15) is 44.8 Å². The summed E-state index contributed by atoms with van der Waals surface area (Å²) in [5, 5.41) is 6.13. The van der Waals surface area contributed by atoms with E-state index in [2.05, 4.69) is 17.2 Å². The van der Waals surface area contributed by atoms with Crippen LogP contribution >= 0.6 is 11.3 Å². The van der Waals surface area contributed by atoms with Gasteiger partial charge < -0.3 is 15.0 Å². The zero-order chi connectivity index (χ0) is 17.7. The number of thiazole rings is 1. The quantitative estimate of drug-likeness (QED) is 0.883. The minimum atomic E-state index is -0.512. The molecule has 1 N–H and O–H groups in total. The first-order chi connectivity index (χ1) is 11.3. The third-order valence-electron chi connectivity index (χ3n) is 3.79. The highest BCUT2D eigenvalue weighted by molar-refractivity contribution is 7.09. The van der Waals surface area contributed by atoms with Gasteiger partial charge in [0.05, 0.1) is 16.6 Å². The van der Waals surface area contributed by atoms with Crippen molar-refractivity contribution >= 4 is 23.3 Å². The average molecular weight is 353 g/mol. The van der Waals surface area contributed by atoms with Gasteiger partial charge in [0.15, 0.2) is 0 Å². The Balaban J connectivity index is 1.72. The Morgan fingerprint density at radius 3 is 2.83 bits per heavy atom. The van der Waals surface area contributed by atoms with Gasteiger partial charge in [0, 0.05) is 31.4 Å². The number of rotatable bonds is 5. The summed E-state index contributed by atoms with van der Waals surface area (Å²) in [6.07, 6.45) is 2.03. The van der Waals surface area contributed by atoms with E-state index >= 15 is 0 Å². The van der Waals surface area contributed by atoms with E-state index in [-0.39, 0.29) is 17.9 Å². The second kappa shape index (κ2) is 7.96. The third-order valence-corrected chi connectivity index (χ3v) is 4.83. The lowest BCUT2D eigenvalue weighted by molar-refractivity contribution is -0.124. The normalized spacial score (nSPS) is 17.8. The summed E-state index contributed by atoms with van der Waals surface area (Å²) in [7, 11) is 0. The minimum Gasteiger partial charge on any atom is -0.444 e. The predicted molar refractivity (Wildman–Crippen MR) is 94.1 cm³/mol. The molecule has 1 aliphatic rings. The summed E-state index contributed by atoms with van der Waals surface area (Å²) >= 11 is 1.66. The maximum absolute atomic E-state index is 12.2. The van der Waals surface area contributed by atoms with Gasteiger partial charge in [-0.25, -0.2) is 9.78 Å². The number of ether oxygens (including phenoxy) is 1. The van der Waals surface area contributed by atoms with Gasteiger partial charge in [0.1, 0.15) is 5.60 Å². The average Bonchev–Trinajstić information content (AvgIpc) is 3.14. The molecule has 0 aliphatic carbocycles. The number of hydrogen-bond donors (Lipinski definition) is 1. The monoisotopic (exact) mass is 353 g/mol. The molecule has 1 fully saturated rings. The molecule has 134 valence electrons. The molecule has 0 aromatic carbocycles. The number of aromatic nitrogens is 1. The van der Waals surface area contributed by atoms with Crippen molar-refractivity contribution in [3.05, 3.63) is 16.1 Å². The first-order valence-corrected chi connectivity index (χ1v) is 9.35. The molecule has 6 nitrogen and oxygen atoms in total. The van der Waals surface area contributed by atoms with Crippen LogP contribution < -0.4 is 5.32 Å². The Kier molecular flexibility index (Phi) is 6.21. The van der Waals surface area contributed by atoms with Gasteiger partial charge in [-0.2, -0.15) is 0 Å².